The van der Waals surface area contributed by atoms with Gasteiger partial charge in [0.1, 0.15) is 24.4 Å². The van der Waals surface area contributed by atoms with E-state index in [2.05, 4.69) is 0 Å². The van der Waals surface area contributed by atoms with E-state index in [-0.39, 0.29) is 13.2 Å². The second-order valence-electron chi connectivity index (χ2n) is 14.8. The Morgan fingerprint density at radius 1 is 0.400 bits per heavy atom. The van der Waals surface area contributed by atoms with E-state index >= 15 is 0 Å². The fourth-order valence-electron chi connectivity index (χ4n) is 7.87. The molecule has 0 unspecified atom stereocenters. The second kappa shape index (κ2) is 18.5. The third-order valence-corrected chi connectivity index (χ3v) is 10.8. The average Bonchev–Trinajstić information content (AvgIpc) is 3.81. The minimum atomic E-state index is -0.837. The largest absolute Gasteiger partial charge is 0.455 e. The number of ether oxygens (including phenoxy) is 8. The normalized spacial score (nSPS) is 25.7. The van der Waals surface area contributed by atoms with Gasteiger partial charge in [-0.15, -0.1) is 0 Å². The summed E-state index contributed by atoms with van der Waals surface area (Å²) in [6.45, 7) is 0.550. The first-order valence-corrected chi connectivity index (χ1v) is 20.1. The summed E-state index contributed by atoms with van der Waals surface area (Å²) in [5.41, 5.74) is 5.66. The van der Waals surface area contributed by atoms with E-state index in [1.54, 1.807) is 0 Å². The Morgan fingerprint density at radius 2 is 0.683 bits per heavy atom. The zero-order valence-corrected chi connectivity index (χ0v) is 32.6. The van der Waals surface area contributed by atoms with Crippen LogP contribution in [0.2, 0.25) is 0 Å². The van der Waals surface area contributed by atoms with Crippen molar-refractivity contribution in [2.24, 2.45) is 0 Å². The lowest BCUT2D eigenvalue weighted by molar-refractivity contribution is -0.256. The molecule has 60 heavy (non-hydrogen) atoms. The lowest BCUT2D eigenvalue weighted by Crippen LogP contribution is -2.44. The van der Waals surface area contributed by atoms with Crippen LogP contribution < -0.4 is 0 Å². The fourth-order valence-corrected chi connectivity index (χ4v) is 7.87. The van der Waals surface area contributed by atoms with Gasteiger partial charge in [-0.3, -0.25) is 0 Å². The molecule has 10 heteroatoms. The van der Waals surface area contributed by atoms with Crippen molar-refractivity contribution in [2.45, 2.75) is 61.4 Å². The Hall–Kier alpha value is -5.98. The summed E-state index contributed by atoms with van der Waals surface area (Å²) in [6, 6.07) is 58.8. The quantitative estimate of drug-likeness (QED) is 0.125. The predicted molar refractivity (Wildman–Crippen MR) is 219 cm³/mol. The van der Waals surface area contributed by atoms with Gasteiger partial charge in [0, 0.05) is 11.1 Å². The molecule has 0 amide bonds. The van der Waals surface area contributed by atoms with E-state index < -0.39 is 73.4 Å². The van der Waals surface area contributed by atoms with Gasteiger partial charge >= 0.3 is 11.9 Å². The molecule has 0 N–H and O–H groups in total. The van der Waals surface area contributed by atoms with Gasteiger partial charge in [-0.2, -0.15) is 0 Å². The summed E-state index contributed by atoms with van der Waals surface area (Å²) in [5.74, 6) is -0.835. The molecule has 10 rings (SSSR count). The molecule has 6 aromatic rings. The molecule has 6 aromatic carbocycles. The molecule has 0 radical (unpaired) electrons. The molecule has 0 aromatic heterocycles. The lowest BCUT2D eigenvalue weighted by Gasteiger charge is -2.33. The topological polar surface area (TPSA) is 108 Å². The molecule has 4 aliphatic heterocycles. The molecule has 0 saturated carbocycles. The molecule has 304 valence electrons. The average molecular weight is 805 g/mol. The predicted octanol–water partition coefficient (Wildman–Crippen LogP) is 8.40. The molecule has 4 fully saturated rings. The zero-order chi connectivity index (χ0) is 40.7. The van der Waals surface area contributed by atoms with Gasteiger partial charge in [-0.25, -0.2) is 9.59 Å². The molecule has 4 heterocycles. The number of benzene rings is 6. The number of rotatable bonds is 10. The van der Waals surface area contributed by atoms with Gasteiger partial charge in [-0.05, 0) is 22.3 Å². The molecular weight excluding hydrogens is 761 g/mol. The van der Waals surface area contributed by atoms with Crippen LogP contribution in [0.15, 0.2) is 182 Å². The van der Waals surface area contributed by atoms with Gasteiger partial charge in [-0.1, -0.05) is 182 Å². The molecule has 4 aliphatic rings. The summed E-state index contributed by atoms with van der Waals surface area (Å²) in [7, 11) is 0. The fraction of sp³-hybridized carbons (Fsp3) is 0.240. The summed E-state index contributed by atoms with van der Waals surface area (Å²) in [5, 5.41) is 0. The highest BCUT2D eigenvalue weighted by atomic mass is 16.7. The third kappa shape index (κ3) is 8.80. The van der Waals surface area contributed by atoms with Crippen LogP contribution in [0.4, 0.5) is 0 Å². The van der Waals surface area contributed by atoms with Crippen LogP contribution in [0.5, 0.6) is 0 Å². The summed E-state index contributed by atoms with van der Waals surface area (Å²) in [6.07, 6.45) is -5.64. The summed E-state index contributed by atoms with van der Waals surface area (Å²) in [4.78, 5) is 25.4. The van der Waals surface area contributed by atoms with Crippen LogP contribution in [-0.2, 0) is 47.5 Å². The first kappa shape index (κ1) is 39.5. The highest BCUT2D eigenvalue weighted by Crippen LogP contribution is 2.39. The van der Waals surface area contributed by atoms with Crippen molar-refractivity contribution in [3.63, 3.8) is 0 Å². The van der Waals surface area contributed by atoms with E-state index in [9.17, 15) is 9.59 Å². The van der Waals surface area contributed by atoms with Crippen LogP contribution in [0.3, 0.4) is 0 Å². The Bertz CT molecular complexity index is 2040. The molecule has 8 atom stereocenters. The Balaban J connectivity index is 0.000000154. The number of carbonyl (C=O) groups is 2. The van der Waals surface area contributed by atoms with E-state index in [1.165, 1.54) is 0 Å². The summed E-state index contributed by atoms with van der Waals surface area (Å²) >= 11 is 0. The van der Waals surface area contributed by atoms with E-state index in [0.29, 0.717) is 0 Å². The molecule has 4 saturated heterocycles. The standard InChI is InChI=1S/2C25H22O5/c2*26-24-23(22-20(28-24)16-27-25(30-22)19-14-8-3-9-15-19)29-21(17-10-4-1-5-11-17)18-12-6-2-7-13-18/h2*1-15,20-23,25H,16H2/t2*20-,22+,23-,25+/m11/s1. The number of esters is 2. The minimum Gasteiger partial charge on any atom is -0.455 e. The Labute approximate surface area is 348 Å². The second-order valence-corrected chi connectivity index (χ2v) is 14.8. The van der Waals surface area contributed by atoms with Crippen LogP contribution >= 0.6 is 0 Å². The van der Waals surface area contributed by atoms with Crippen LogP contribution in [0.25, 0.3) is 0 Å². The number of hydrogen-bond donors (Lipinski definition) is 0. The molecule has 0 spiro atoms. The van der Waals surface area contributed by atoms with Crippen molar-refractivity contribution in [3.8, 4) is 0 Å². The van der Waals surface area contributed by atoms with Gasteiger partial charge < -0.3 is 37.9 Å². The highest BCUT2D eigenvalue weighted by molar-refractivity contribution is 5.79. The van der Waals surface area contributed by atoms with Crippen molar-refractivity contribution >= 4 is 11.9 Å². The minimum absolute atomic E-state index is 0.275. The maximum absolute atomic E-state index is 12.7. The maximum Gasteiger partial charge on any atom is 0.338 e. The third-order valence-electron chi connectivity index (χ3n) is 10.8. The van der Waals surface area contributed by atoms with Gasteiger partial charge in [0.2, 0.25) is 0 Å². The van der Waals surface area contributed by atoms with Crippen molar-refractivity contribution in [1.82, 2.24) is 0 Å². The van der Waals surface area contributed by atoms with Crippen molar-refractivity contribution in [2.75, 3.05) is 13.2 Å². The SMILES string of the molecule is O=C1O[C@@H]2CO[C@H](c3ccccc3)O[C@@H]2[C@H]1OC(c1ccccc1)c1ccccc1.O=C1O[C@@H]2CO[C@H](c3ccccc3)O[C@@H]2[C@H]1OC(c1ccccc1)c1ccccc1. The van der Waals surface area contributed by atoms with Crippen molar-refractivity contribution in [3.05, 3.63) is 215 Å². The zero-order valence-electron chi connectivity index (χ0n) is 32.6. The molecule has 0 aliphatic carbocycles. The first-order valence-electron chi connectivity index (χ1n) is 20.1. The number of carbonyl (C=O) groups excluding carboxylic acids is 2. The Kier molecular flexibility index (Phi) is 12.2. The van der Waals surface area contributed by atoms with Crippen LogP contribution in [0, 0.1) is 0 Å². The Morgan fingerprint density at radius 3 is 0.983 bits per heavy atom. The van der Waals surface area contributed by atoms with E-state index in [1.807, 2.05) is 182 Å². The summed E-state index contributed by atoms with van der Waals surface area (Å²) < 4.78 is 47.7. The van der Waals surface area contributed by atoms with Gasteiger partial charge in [0.15, 0.2) is 37.0 Å². The molecule has 10 nitrogen and oxygen atoms in total. The van der Waals surface area contributed by atoms with Crippen molar-refractivity contribution in [1.29, 1.82) is 0 Å². The van der Waals surface area contributed by atoms with E-state index in [4.69, 9.17) is 37.9 Å². The first-order chi connectivity index (χ1) is 29.6. The monoisotopic (exact) mass is 804 g/mol. The lowest BCUT2D eigenvalue weighted by atomic mass is 10.0. The van der Waals surface area contributed by atoms with Gasteiger partial charge in [0.05, 0.1) is 13.2 Å². The maximum atomic E-state index is 12.7. The van der Waals surface area contributed by atoms with Crippen LogP contribution in [-0.4, -0.2) is 61.8 Å². The van der Waals surface area contributed by atoms with E-state index in [0.717, 1.165) is 33.4 Å². The van der Waals surface area contributed by atoms with Crippen molar-refractivity contribution < 1.29 is 47.5 Å². The number of fused-ring (bicyclic) bond motifs is 2. The highest BCUT2D eigenvalue weighted by Gasteiger charge is 2.53. The van der Waals surface area contributed by atoms with Gasteiger partial charge in [0.25, 0.3) is 0 Å². The number of hydrogen-bond acceptors (Lipinski definition) is 10. The molecule has 0 bridgehead atoms. The smallest absolute Gasteiger partial charge is 0.338 e. The van der Waals surface area contributed by atoms with Crippen LogP contribution in [0.1, 0.15) is 58.2 Å². The molecular formula is C50H44O10.